The van der Waals surface area contributed by atoms with E-state index < -0.39 is 24.3 Å². The summed E-state index contributed by atoms with van der Waals surface area (Å²) in [6, 6.07) is 0. The van der Waals surface area contributed by atoms with Gasteiger partial charge in [0.05, 0.1) is 34.4 Å². The zero-order valence-corrected chi connectivity index (χ0v) is 46.2. The second-order valence-electron chi connectivity index (χ2n) is 20.6. The number of allylic oxidation sites excluding steroid dienone is 10. The number of nitrogens with zero attached hydrogens (tertiary/aromatic N) is 1. The number of ether oxygens (including phenoxy) is 4. The Morgan fingerprint density at radius 3 is 1.23 bits per heavy atom. The maximum Gasteiger partial charge on any atom is 0.361 e. The van der Waals surface area contributed by atoms with Crippen molar-refractivity contribution >= 4 is 17.9 Å². The first-order chi connectivity index (χ1) is 34.1. The van der Waals surface area contributed by atoms with Gasteiger partial charge in [-0.1, -0.05) is 229 Å². The number of carbonyl (C=O) groups excluding carboxylic acids is 2. The van der Waals surface area contributed by atoms with Crippen molar-refractivity contribution in [2.24, 2.45) is 0 Å². The van der Waals surface area contributed by atoms with E-state index in [0.29, 0.717) is 17.4 Å². The van der Waals surface area contributed by atoms with Gasteiger partial charge in [0.25, 0.3) is 6.29 Å². The maximum absolute atomic E-state index is 12.8. The van der Waals surface area contributed by atoms with Gasteiger partial charge in [-0.05, 0) is 70.6 Å². The Bertz CT molecular complexity index is 1330. The van der Waals surface area contributed by atoms with Gasteiger partial charge >= 0.3 is 17.9 Å². The van der Waals surface area contributed by atoms with Crippen LogP contribution in [0.1, 0.15) is 251 Å². The molecule has 0 aliphatic carbocycles. The Morgan fingerprint density at radius 2 is 0.814 bits per heavy atom. The number of carboxylic acids is 1. The number of likely N-dealkylation sites (N-methyl/N-ethyl adjacent to an activating group) is 1. The highest BCUT2D eigenvalue weighted by atomic mass is 16.7. The van der Waals surface area contributed by atoms with Gasteiger partial charge in [0.1, 0.15) is 13.2 Å². The van der Waals surface area contributed by atoms with Crippen molar-refractivity contribution in [1.29, 1.82) is 0 Å². The van der Waals surface area contributed by atoms with Gasteiger partial charge in [0.2, 0.25) is 0 Å². The van der Waals surface area contributed by atoms with Crippen LogP contribution in [0.3, 0.4) is 0 Å². The first-order valence-corrected chi connectivity index (χ1v) is 29.0. The fourth-order valence-electron chi connectivity index (χ4n) is 8.07. The third kappa shape index (κ3) is 52.8. The Labute approximate surface area is 431 Å². The highest BCUT2D eigenvalue weighted by Gasteiger charge is 2.25. The summed E-state index contributed by atoms with van der Waals surface area (Å²) in [7, 11) is 5.96. The summed E-state index contributed by atoms with van der Waals surface area (Å²) < 4.78 is 22.8. The van der Waals surface area contributed by atoms with Crippen LogP contribution in [0.4, 0.5) is 0 Å². The van der Waals surface area contributed by atoms with E-state index in [2.05, 4.69) is 74.6 Å². The molecule has 0 rings (SSSR count). The summed E-state index contributed by atoms with van der Waals surface area (Å²) in [4.78, 5) is 37.2. The van der Waals surface area contributed by atoms with E-state index >= 15 is 0 Å². The lowest BCUT2D eigenvalue weighted by Crippen LogP contribution is -2.40. The number of rotatable bonds is 53. The van der Waals surface area contributed by atoms with Crippen molar-refractivity contribution < 1.29 is 42.9 Å². The lowest BCUT2D eigenvalue weighted by Gasteiger charge is -2.25. The number of hydrogen-bond donors (Lipinski definition) is 1. The van der Waals surface area contributed by atoms with Crippen LogP contribution in [-0.4, -0.2) is 87.4 Å². The number of esters is 2. The van der Waals surface area contributed by atoms with Crippen LogP contribution < -0.4 is 0 Å². The highest BCUT2D eigenvalue weighted by molar-refractivity contribution is 5.71. The number of unbranched alkanes of at least 4 members (excludes halogenated alkanes) is 28. The Kier molecular flexibility index (Phi) is 50.1. The molecule has 2 atom stereocenters. The summed E-state index contributed by atoms with van der Waals surface area (Å²) in [5.41, 5.74) is 0. The topological polar surface area (TPSA) is 108 Å². The van der Waals surface area contributed by atoms with E-state index in [1.165, 1.54) is 135 Å². The van der Waals surface area contributed by atoms with Gasteiger partial charge in [0, 0.05) is 12.8 Å². The fourth-order valence-corrected chi connectivity index (χ4v) is 8.07. The molecule has 0 fully saturated rings. The largest absolute Gasteiger partial charge is 0.477 e. The number of aliphatic carboxylic acids is 1. The summed E-state index contributed by atoms with van der Waals surface area (Å²) in [5.74, 6) is -2.01. The van der Waals surface area contributed by atoms with Crippen molar-refractivity contribution in [3.63, 3.8) is 0 Å². The minimum Gasteiger partial charge on any atom is -0.477 e. The van der Waals surface area contributed by atoms with Crippen molar-refractivity contribution in [3.05, 3.63) is 60.8 Å². The number of carbonyl (C=O) groups is 3. The van der Waals surface area contributed by atoms with E-state index in [0.717, 1.165) is 89.9 Å². The lowest BCUT2D eigenvalue weighted by atomic mass is 10.0. The van der Waals surface area contributed by atoms with Crippen LogP contribution in [0.25, 0.3) is 0 Å². The molecule has 0 aromatic heterocycles. The first kappa shape index (κ1) is 67.0. The van der Waals surface area contributed by atoms with Gasteiger partial charge in [-0.25, -0.2) is 4.79 Å². The summed E-state index contributed by atoms with van der Waals surface area (Å²) in [5, 5.41) is 9.66. The average molecular weight is 986 g/mol. The molecule has 0 saturated heterocycles. The fraction of sp³-hybridized carbons (Fsp3) is 0.787. The third-order valence-electron chi connectivity index (χ3n) is 12.5. The molecule has 0 spiro atoms. The molecule has 9 nitrogen and oxygen atoms in total. The molecule has 0 aromatic rings. The number of quaternary nitrogens is 1. The Morgan fingerprint density at radius 1 is 0.443 bits per heavy atom. The van der Waals surface area contributed by atoms with Crippen LogP contribution in [0, 0.1) is 0 Å². The van der Waals surface area contributed by atoms with Crippen LogP contribution in [0.15, 0.2) is 60.8 Å². The number of carboxylic acid groups (broad SMARTS) is 1. The van der Waals surface area contributed by atoms with Gasteiger partial charge in [-0.2, -0.15) is 0 Å². The van der Waals surface area contributed by atoms with Crippen LogP contribution >= 0.6 is 0 Å². The summed E-state index contributed by atoms with van der Waals surface area (Å²) in [6.07, 6.45) is 63.4. The molecule has 0 amide bonds. The Balaban J connectivity index is 3.97. The van der Waals surface area contributed by atoms with Crippen LogP contribution in [-0.2, 0) is 33.3 Å². The zero-order valence-electron chi connectivity index (χ0n) is 46.2. The molecule has 0 aliphatic heterocycles. The van der Waals surface area contributed by atoms with Crippen molar-refractivity contribution in [2.75, 3.05) is 47.5 Å². The molecule has 0 aromatic carbocycles. The van der Waals surface area contributed by atoms with Gasteiger partial charge in [-0.15, -0.1) is 0 Å². The van der Waals surface area contributed by atoms with E-state index in [9.17, 15) is 19.5 Å². The predicted molar refractivity (Wildman–Crippen MR) is 295 cm³/mol. The molecule has 0 bridgehead atoms. The molecule has 406 valence electrons. The quantitative estimate of drug-likeness (QED) is 0.0211. The molecule has 9 heteroatoms. The first-order valence-electron chi connectivity index (χ1n) is 29.0. The highest BCUT2D eigenvalue weighted by Crippen LogP contribution is 2.17. The van der Waals surface area contributed by atoms with Crippen molar-refractivity contribution in [3.8, 4) is 0 Å². The molecular formula is C61H110NO8+. The van der Waals surface area contributed by atoms with Crippen LogP contribution in [0.2, 0.25) is 0 Å². The zero-order chi connectivity index (χ0) is 51.3. The molecule has 0 aliphatic rings. The molecule has 1 N–H and O–H groups in total. The molecule has 0 saturated carbocycles. The van der Waals surface area contributed by atoms with Gasteiger partial charge < -0.3 is 28.5 Å². The lowest BCUT2D eigenvalue weighted by molar-refractivity contribution is -0.870. The molecule has 0 heterocycles. The molecule has 0 radical (unpaired) electrons. The Hall–Kier alpha value is -3.01. The van der Waals surface area contributed by atoms with E-state index in [-0.39, 0.29) is 32.2 Å². The number of hydrogen-bond acceptors (Lipinski definition) is 7. The van der Waals surface area contributed by atoms with E-state index in [1.54, 1.807) is 0 Å². The standard InChI is InChI=1S/C61H109NO8/c1-6-8-10-12-14-16-18-19-20-21-22-23-24-25-26-27-28-29-30-31-32-33-34-35-36-37-38-39-40-41-42-44-46-48-50-52-59(64)70-57(56-69-61(60(65)66)67-54-53-62(3,4)5)55-68-58(63)51-49-47-45-43-17-15-13-11-9-7-2/h8,10-11,13-14,16,19-20,22-23,57,61H,6-7,9,12,15,17-18,21,24-56H2,1-5H3/p+1/b10-8-,13-11-,16-14-,20-19-,23-22-. The van der Waals surface area contributed by atoms with Crippen molar-refractivity contribution in [2.45, 2.75) is 264 Å². The average Bonchev–Trinajstić information content (AvgIpc) is 3.33. The summed E-state index contributed by atoms with van der Waals surface area (Å²) in [6.45, 7) is 4.70. The van der Waals surface area contributed by atoms with Gasteiger partial charge in [0.15, 0.2) is 6.10 Å². The third-order valence-corrected chi connectivity index (χ3v) is 12.5. The summed E-state index contributed by atoms with van der Waals surface area (Å²) >= 11 is 0. The van der Waals surface area contributed by atoms with Crippen LogP contribution in [0.5, 0.6) is 0 Å². The molecular weight excluding hydrogens is 875 g/mol. The normalized spacial score (nSPS) is 13.2. The van der Waals surface area contributed by atoms with E-state index in [4.69, 9.17) is 18.9 Å². The molecule has 2 unspecified atom stereocenters. The monoisotopic (exact) mass is 985 g/mol. The smallest absolute Gasteiger partial charge is 0.361 e. The molecule has 70 heavy (non-hydrogen) atoms. The minimum absolute atomic E-state index is 0.185. The second-order valence-corrected chi connectivity index (χ2v) is 20.6. The SMILES string of the molecule is CC/C=C\C/C=C\C/C=C\C/C=C\CCCCCCCCCCCCCCCCCCCCCCCCC(=O)OC(COC(=O)CCCCCCC/C=C\CCC)COC(OCC[N+](C)(C)C)C(=O)O. The second kappa shape index (κ2) is 52.3. The minimum atomic E-state index is -1.51. The van der Waals surface area contributed by atoms with E-state index in [1.807, 2.05) is 21.1 Å². The maximum atomic E-state index is 12.8. The van der Waals surface area contributed by atoms with Gasteiger partial charge in [-0.3, -0.25) is 9.59 Å². The predicted octanol–water partition coefficient (Wildman–Crippen LogP) is 16.8. The van der Waals surface area contributed by atoms with Crippen molar-refractivity contribution in [1.82, 2.24) is 0 Å².